The summed E-state index contributed by atoms with van der Waals surface area (Å²) in [4.78, 5) is 10.8. The van der Waals surface area contributed by atoms with Crippen LogP contribution in [0, 0.1) is 0 Å². The minimum atomic E-state index is -0.786. The largest absolute Gasteiger partial charge is 0.390 e. The van der Waals surface area contributed by atoms with Crippen LogP contribution in [0.3, 0.4) is 0 Å². The first-order chi connectivity index (χ1) is 8.90. The van der Waals surface area contributed by atoms with Crippen LogP contribution in [-0.4, -0.2) is 46.7 Å². The Kier molecular flexibility index (Phi) is 6.93. The number of carbonyl (C=O) groups is 1. The van der Waals surface area contributed by atoms with Crippen molar-refractivity contribution in [2.45, 2.75) is 83.6 Å². The van der Waals surface area contributed by atoms with Gasteiger partial charge in [0.2, 0.25) is 0 Å². The van der Waals surface area contributed by atoms with E-state index >= 15 is 0 Å². The third-order valence-electron chi connectivity index (χ3n) is 3.44. The smallest absolute Gasteiger partial charge is 0.184 e. The molecule has 0 aromatic heterocycles. The molecule has 5 atom stereocenters. The van der Waals surface area contributed by atoms with Crippen molar-refractivity contribution >= 4 is 5.78 Å². The van der Waals surface area contributed by atoms with E-state index in [2.05, 4.69) is 0 Å². The molecule has 0 spiro atoms. The SMILES string of the molecule is CC(=O)CCCCC(C)OC1OC(C)C(O)CC1O. The number of rotatable bonds is 7. The van der Waals surface area contributed by atoms with Crippen LogP contribution in [0.4, 0.5) is 0 Å². The molecule has 112 valence electrons. The minimum Gasteiger partial charge on any atom is -0.390 e. The summed E-state index contributed by atoms with van der Waals surface area (Å²) in [5.74, 6) is 0.211. The van der Waals surface area contributed by atoms with E-state index in [0.29, 0.717) is 6.42 Å². The number of aliphatic hydroxyl groups excluding tert-OH is 2. The highest BCUT2D eigenvalue weighted by molar-refractivity contribution is 5.75. The molecule has 0 bridgehead atoms. The standard InChI is InChI=1S/C14H26O5/c1-9(15)6-4-5-7-10(2)18-14-13(17)8-12(16)11(3)19-14/h10-14,16-17H,4-8H2,1-3H3. The molecule has 1 aliphatic rings. The fourth-order valence-electron chi connectivity index (χ4n) is 2.17. The molecule has 0 aromatic rings. The Hall–Kier alpha value is -0.490. The van der Waals surface area contributed by atoms with E-state index < -0.39 is 18.5 Å². The number of hydrogen-bond acceptors (Lipinski definition) is 5. The molecule has 1 fully saturated rings. The van der Waals surface area contributed by atoms with Crippen molar-refractivity contribution in [3.05, 3.63) is 0 Å². The summed E-state index contributed by atoms with van der Waals surface area (Å²) >= 11 is 0. The molecular weight excluding hydrogens is 248 g/mol. The molecule has 0 aromatic carbocycles. The Bertz CT molecular complexity index is 281. The van der Waals surface area contributed by atoms with Crippen molar-refractivity contribution in [3.63, 3.8) is 0 Å². The second-order valence-electron chi connectivity index (χ2n) is 5.47. The van der Waals surface area contributed by atoms with Gasteiger partial charge in [0.05, 0.1) is 18.3 Å². The van der Waals surface area contributed by atoms with Gasteiger partial charge in [0.15, 0.2) is 6.29 Å². The van der Waals surface area contributed by atoms with Crippen LogP contribution in [0.2, 0.25) is 0 Å². The lowest BCUT2D eigenvalue weighted by Crippen LogP contribution is -2.48. The van der Waals surface area contributed by atoms with Crippen LogP contribution in [-0.2, 0) is 14.3 Å². The highest BCUT2D eigenvalue weighted by Gasteiger charge is 2.35. The van der Waals surface area contributed by atoms with E-state index in [1.54, 1.807) is 13.8 Å². The normalized spacial score (nSPS) is 33.1. The fraction of sp³-hybridized carbons (Fsp3) is 0.929. The molecule has 0 amide bonds. The molecule has 2 N–H and O–H groups in total. The summed E-state index contributed by atoms with van der Waals surface area (Å²) in [6, 6.07) is 0. The number of ketones is 1. The first-order valence-electron chi connectivity index (χ1n) is 7.06. The van der Waals surface area contributed by atoms with Gasteiger partial charge in [-0.15, -0.1) is 0 Å². The zero-order valence-electron chi connectivity index (χ0n) is 12.0. The van der Waals surface area contributed by atoms with Gasteiger partial charge in [-0.3, -0.25) is 0 Å². The summed E-state index contributed by atoms with van der Waals surface area (Å²) in [5, 5.41) is 19.3. The molecular formula is C14H26O5. The van der Waals surface area contributed by atoms with Crippen LogP contribution in [0.1, 0.15) is 52.9 Å². The van der Waals surface area contributed by atoms with Crippen LogP contribution in [0.15, 0.2) is 0 Å². The Labute approximate surface area is 114 Å². The van der Waals surface area contributed by atoms with E-state index in [9.17, 15) is 15.0 Å². The van der Waals surface area contributed by atoms with Crippen molar-refractivity contribution in [2.24, 2.45) is 0 Å². The lowest BCUT2D eigenvalue weighted by Gasteiger charge is -2.36. The number of ether oxygens (including phenoxy) is 2. The van der Waals surface area contributed by atoms with Gasteiger partial charge in [-0.05, 0) is 33.6 Å². The van der Waals surface area contributed by atoms with E-state index in [0.717, 1.165) is 19.3 Å². The third kappa shape index (κ3) is 5.99. The first kappa shape index (κ1) is 16.6. The van der Waals surface area contributed by atoms with E-state index in [-0.39, 0.29) is 24.4 Å². The van der Waals surface area contributed by atoms with Crippen LogP contribution in [0.25, 0.3) is 0 Å². The predicted molar refractivity (Wildman–Crippen MR) is 70.7 cm³/mol. The maximum absolute atomic E-state index is 10.8. The van der Waals surface area contributed by atoms with Crippen molar-refractivity contribution in [3.8, 4) is 0 Å². The molecule has 1 aliphatic heterocycles. The van der Waals surface area contributed by atoms with E-state index in [1.807, 2.05) is 6.92 Å². The molecule has 1 saturated heterocycles. The van der Waals surface area contributed by atoms with Gasteiger partial charge in [-0.2, -0.15) is 0 Å². The summed E-state index contributed by atoms with van der Waals surface area (Å²) < 4.78 is 11.1. The summed E-state index contributed by atoms with van der Waals surface area (Å²) in [6.07, 6.45) is 1.06. The highest BCUT2D eigenvalue weighted by Crippen LogP contribution is 2.23. The molecule has 19 heavy (non-hydrogen) atoms. The molecule has 0 saturated carbocycles. The van der Waals surface area contributed by atoms with Crippen molar-refractivity contribution in [1.29, 1.82) is 0 Å². The number of hydrogen-bond donors (Lipinski definition) is 2. The zero-order chi connectivity index (χ0) is 14.4. The molecule has 0 radical (unpaired) electrons. The minimum absolute atomic E-state index is 0.0333. The fourth-order valence-corrected chi connectivity index (χ4v) is 2.17. The average molecular weight is 274 g/mol. The quantitative estimate of drug-likeness (QED) is 0.686. The summed E-state index contributed by atoms with van der Waals surface area (Å²) in [5.41, 5.74) is 0. The number of carbonyl (C=O) groups excluding carboxylic acids is 1. The lowest BCUT2D eigenvalue weighted by molar-refractivity contribution is -0.273. The number of unbranched alkanes of at least 4 members (excludes halogenated alkanes) is 1. The molecule has 1 rings (SSSR count). The Morgan fingerprint density at radius 1 is 1.37 bits per heavy atom. The number of aliphatic hydroxyl groups is 2. The molecule has 5 nitrogen and oxygen atoms in total. The van der Waals surface area contributed by atoms with E-state index in [4.69, 9.17) is 9.47 Å². The van der Waals surface area contributed by atoms with Gasteiger partial charge in [0, 0.05) is 12.8 Å². The van der Waals surface area contributed by atoms with Gasteiger partial charge >= 0.3 is 0 Å². The third-order valence-corrected chi connectivity index (χ3v) is 3.44. The van der Waals surface area contributed by atoms with Crippen molar-refractivity contribution < 1.29 is 24.5 Å². The monoisotopic (exact) mass is 274 g/mol. The topological polar surface area (TPSA) is 76.0 Å². The van der Waals surface area contributed by atoms with Gasteiger partial charge in [0.1, 0.15) is 11.9 Å². The van der Waals surface area contributed by atoms with E-state index in [1.165, 1.54) is 0 Å². The molecule has 1 heterocycles. The molecule has 0 aliphatic carbocycles. The summed E-state index contributed by atoms with van der Waals surface area (Å²) in [6.45, 7) is 5.29. The summed E-state index contributed by atoms with van der Waals surface area (Å²) in [7, 11) is 0. The lowest BCUT2D eigenvalue weighted by atomic mass is 10.0. The zero-order valence-corrected chi connectivity index (χ0v) is 12.0. The van der Waals surface area contributed by atoms with Gasteiger partial charge in [-0.25, -0.2) is 0 Å². The van der Waals surface area contributed by atoms with Crippen molar-refractivity contribution in [2.75, 3.05) is 0 Å². The second kappa shape index (κ2) is 7.94. The van der Waals surface area contributed by atoms with Gasteiger partial charge in [0.25, 0.3) is 0 Å². The Morgan fingerprint density at radius 2 is 2.05 bits per heavy atom. The average Bonchev–Trinajstić information content (AvgIpc) is 2.31. The van der Waals surface area contributed by atoms with Crippen LogP contribution in [0.5, 0.6) is 0 Å². The van der Waals surface area contributed by atoms with Gasteiger partial charge in [-0.1, -0.05) is 6.42 Å². The predicted octanol–water partition coefficient (Wildman–Crippen LogP) is 1.40. The maximum Gasteiger partial charge on any atom is 0.184 e. The van der Waals surface area contributed by atoms with Crippen molar-refractivity contribution in [1.82, 2.24) is 0 Å². The molecule has 5 unspecified atom stereocenters. The highest BCUT2D eigenvalue weighted by atomic mass is 16.7. The second-order valence-corrected chi connectivity index (χ2v) is 5.47. The van der Waals surface area contributed by atoms with Gasteiger partial charge < -0.3 is 24.5 Å². The Balaban J connectivity index is 2.23. The van der Waals surface area contributed by atoms with Crippen LogP contribution >= 0.6 is 0 Å². The Morgan fingerprint density at radius 3 is 2.68 bits per heavy atom. The first-order valence-corrected chi connectivity index (χ1v) is 7.06. The van der Waals surface area contributed by atoms with Crippen LogP contribution < -0.4 is 0 Å². The number of Topliss-reactive ketones (excluding diaryl/α,β-unsaturated/α-hetero) is 1. The molecule has 5 heteroatoms. The maximum atomic E-state index is 10.8.